The molecule has 16 heavy (non-hydrogen) atoms. The van der Waals surface area contributed by atoms with Crippen LogP contribution in [0.1, 0.15) is 43.8 Å². The molecule has 2 aromatic heterocycles. The van der Waals surface area contributed by atoms with Crippen LogP contribution in [-0.4, -0.2) is 30.6 Å². The molecule has 1 fully saturated rings. The average Bonchev–Trinajstić information content (AvgIpc) is 3.01. The first-order chi connectivity index (χ1) is 7.93. The van der Waals surface area contributed by atoms with Crippen molar-refractivity contribution in [2.45, 2.75) is 38.0 Å². The van der Waals surface area contributed by atoms with Crippen molar-refractivity contribution in [2.24, 2.45) is 0 Å². The second-order valence-corrected chi connectivity index (χ2v) is 4.23. The first kappa shape index (κ1) is 9.50. The highest BCUT2D eigenvalue weighted by atomic mass is 15.3. The molecule has 2 N–H and O–H groups in total. The van der Waals surface area contributed by atoms with Gasteiger partial charge in [0.05, 0.1) is 6.20 Å². The lowest BCUT2D eigenvalue weighted by Gasteiger charge is -2.18. The number of aromatic amines is 2. The predicted octanol–water partition coefficient (Wildman–Crippen LogP) is 1.64. The molecule has 0 atom stereocenters. The van der Waals surface area contributed by atoms with Gasteiger partial charge in [-0.15, -0.1) is 0 Å². The summed E-state index contributed by atoms with van der Waals surface area (Å²) in [5.74, 6) is 2.17. The van der Waals surface area contributed by atoms with Crippen LogP contribution in [-0.2, 0) is 0 Å². The highest BCUT2D eigenvalue weighted by Crippen LogP contribution is 2.30. The SMILES string of the molecule is c1n[nH]nc1-c1n[nH]c(C2CCCCC2)n1. The maximum Gasteiger partial charge on any atom is 0.203 e. The van der Waals surface area contributed by atoms with Gasteiger partial charge in [-0.1, -0.05) is 19.3 Å². The van der Waals surface area contributed by atoms with Crippen LogP contribution < -0.4 is 0 Å². The molecule has 0 saturated heterocycles. The van der Waals surface area contributed by atoms with Crippen molar-refractivity contribution in [3.05, 3.63) is 12.0 Å². The van der Waals surface area contributed by atoms with Gasteiger partial charge in [-0.05, 0) is 12.8 Å². The molecule has 0 unspecified atom stereocenters. The topological polar surface area (TPSA) is 83.1 Å². The van der Waals surface area contributed by atoms with Crippen LogP contribution in [0.25, 0.3) is 11.5 Å². The summed E-state index contributed by atoms with van der Waals surface area (Å²) >= 11 is 0. The summed E-state index contributed by atoms with van der Waals surface area (Å²) in [6, 6.07) is 0. The Morgan fingerprint density at radius 2 is 2.00 bits per heavy atom. The smallest absolute Gasteiger partial charge is 0.203 e. The number of hydrogen-bond donors (Lipinski definition) is 2. The van der Waals surface area contributed by atoms with Crippen LogP contribution in [0, 0.1) is 0 Å². The highest BCUT2D eigenvalue weighted by molar-refractivity contribution is 5.45. The monoisotopic (exact) mass is 218 g/mol. The van der Waals surface area contributed by atoms with Crippen molar-refractivity contribution in [3.8, 4) is 11.5 Å². The van der Waals surface area contributed by atoms with Crippen molar-refractivity contribution in [1.82, 2.24) is 30.6 Å². The Balaban J connectivity index is 1.82. The van der Waals surface area contributed by atoms with Gasteiger partial charge in [0.1, 0.15) is 5.82 Å². The third-order valence-electron chi connectivity index (χ3n) is 3.14. The van der Waals surface area contributed by atoms with E-state index in [0.717, 1.165) is 5.82 Å². The van der Waals surface area contributed by atoms with E-state index in [2.05, 4.69) is 30.6 Å². The highest BCUT2D eigenvalue weighted by Gasteiger charge is 2.19. The minimum absolute atomic E-state index is 0.543. The lowest BCUT2D eigenvalue weighted by Crippen LogP contribution is -2.06. The van der Waals surface area contributed by atoms with Crippen LogP contribution in [0.2, 0.25) is 0 Å². The average molecular weight is 218 g/mol. The zero-order valence-corrected chi connectivity index (χ0v) is 8.98. The molecule has 84 valence electrons. The van der Waals surface area contributed by atoms with Crippen LogP contribution in [0.3, 0.4) is 0 Å². The van der Waals surface area contributed by atoms with E-state index in [1.165, 1.54) is 32.1 Å². The molecular formula is C10H14N6. The number of aromatic nitrogens is 6. The Morgan fingerprint density at radius 3 is 2.75 bits per heavy atom. The van der Waals surface area contributed by atoms with E-state index in [0.29, 0.717) is 17.4 Å². The Kier molecular flexibility index (Phi) is 2.40. The van der Waals surface area contributed by atoms with E-state index in [1.807, 2.05) is 0 Å². The molecule has 0 aromatic carbocycles. The Bertz CT molecular complexity index is 440. The molecule has 1 saturated carbocycles. The molecule has 0 bridgehead atoms. The third kappa shape index (κ3) is 1.70. The molecule has 0 spiro atoms. The molecule has 3 rings (SSSR count). The van der Waals surface area contributed by atoms with Crippen molar-refractivity contribution in [2.75, 3.05) is 0 Å². The summed E-state index contributed by atoms with van der Waals surface area (Å²) in [5, 5.41) is 17.5. The van der Waals surface area contributed by atoms with E-state index in [-0.39, 0.29) is 0 Å². The largest absolute Gasteiger partial charge is 0.262 e. The number of hydrogen-bond acceptors (Lipinski definition) is 4. The maximum atomic E-state index is 4.49. The van der Waals surface area contributed by atoms with Gasteiger partial charge in [-0.25, -0.2) is 4.98 Å². The molecule has 0 amide bonds. The summed E-state index contributed by atoms with van der Waals surface area (Å²) in [6.07, 6.45) is 8.00. The van der Waals surface area contributed by atoms with Crippen LogP contribution >= 0.6 is 0 Å². The first-order valence-electron chi connectivity index (χ1n) is 5.72. The van der Waals surface area contributed by atoms with E-state index in [1.54, 1.807) is 6.20 Å². The number of nitrogens with zero attached hydrogens (tertiary/aromatic N) is 4. The second kappa shape index (κ2) is 4.03. The van der Waals surface area contributed by atoms with Gasteiger partial charge < -0.3 is 0 Å². The third-order valence-corrected chi connectivity index (χ3v) is 3.14. The van der Waals surface area contributed by atoms with Crippen LogP contribution in [0.4, 0.5) is 0 Å². The van der Waals surface area contributed by atoms with Crippen molar-refractivity contribution in [3.63, 3.8) is 0 Å². The molecular weight excluding hydrogens is 204 g/mol. The van der Waals surface area contributed by atoms with E-state index >= 15 is 0 Å². The van der Waals surface area contributed by atoms with E-state index < -0.39 is 0 Å². The molecule has 6 heteroatoms. The van der Waals surface area contributed by atoms with Gasteiger partial charge in [-0.3, -0.25) is 5.10 Å². The fourth-order valence-corrected chi connectivity index (χ4v) is 2.26. The van der Waals surface area contributed by atoms with Crippen LogP contribution in [0.5, 0.6) is 0 Å². The van der Waals surface area contributed by atoms with Gasteiger partial charge in [0, 0.05) is 5.92 Å². The zero-order chi connectivity index (χ0) is 10.8. The summed E-state index contributed by atoms with van der Waals surface area (Å²) in [7, 11) is 0. The van der Waals surface area contributed by atoms with E-state index in [4.69, 9.17) is 0 Å². The fraction of sp³-hybridized carbons (Fsp3) is 0.600. The Hall–Kier alpha value is -1.72. The lowest BCUT2D eigenvalue weighted by atomic mass is 9.89. The number of H-pyrrole nitrogens is 2. The van der Waals surface area contributed by atoms with Gasteiger partial charge in [0.2, 0.25) is 5.82 Å². The Morgan fingerprint density at radius 1 is 1.12 bits per heavy atom. The minimum atomic E-state index is 0.543. The van der Waals surface area contributed by atoms with E-state index in [9.17, 15) is 0 Å². The summed E-state index contributed by atoms with van der Waals surface area (Å²) in [5.41, 5.74) is 0.693. The Labute approximate surface area is 92.9 Å². The zero-order valence-electron chi connectivity index (χ0n) is 8.98. The summed E-state index contributed by atoms with van der Waals surface area (Å²) in [4.78, 5) is 4.49. The normalized spacial score (nSPS) is 17.8. The van der Waals surface area contributed by atoms with Gasteiger partial charge >= 0.3 is 0 Å². The van der Waals surface area contributed by atoms with Gasteiger partial charge in [0.15, 0.2) is 5.69 Å². The lowest BCUT2D eigenvalue weighted by molar-refractivity contribution is 0.429. The molecule has 2 heterocycles. The van der Waals surface area contributed by atoms with Crippen LogP contribution in [0.15, 0.2) is 6.20 Å². The standard InChI is InChI=1S/C10H14N6/c1-2-4-7(5-3-1)9-12-10(15-14-9)8-6-11-16-13-8/h6-7H,1-5H2,(H,11,13,16)(H,12,14,15). The van der Waals surface area contributed by atoms with Crippen molar-refractivity contribution in [1.29, 1.82) is 0 Å². The molecule has 1 aliphatic rings. The predicted molar refractivity (Wildman–Crippen MR) is 57.6 cm³/mol. The number of nitrogens with one attached hydrogen (secondary N) is 2. The summed E-state index contributed by atoms with van der Waals surface area (Å²) in [6.45, 7) is 0. The minimum Gasteiger partial charge on any atom is -0.262 e. The summed E-state index contributed by atoms with van der Waals surface area (Å²) < 4.78 is 0. The fourth-order valence-electron chi connectivity index (χ4n) is 2.26. The van der Waals surface area contributed by atoms with Crippen molar-refractivity contribution >= 4 is 0 Å². The maximum absolute atomic E-state index is 4.49. The second-order valence-electron chi connectivity index (χ2n) is 4.23. The molecule has 0 radical (unpaired) electrons. The first-order valence-corrected chi connectivity index (χ1v) is 5.72. The van der Waals surface area contributed by atoms with Crippen molar-refractivity contribution < 1.29 is 0 Å². The van der Waals surface area contributed by atoms with Gasteiger partial charge in [0.25, 0.3) is 0 Å². The number of rotatable bonds is 2. The van der Waals surface area contributed by atoms with Gasteiger partial charge in [-0.2, -0.15) is 20.5 Å². The quantitative estimate of drug-likeness (QED) is 0.802. The molecule has 0 aliphatic heterocycles. The molecule has 1 aliphatic carbocycles. The molecule has 2 aromatic rings. The molecule has 6 nitrogen and oxygen atoms in total.